The molecule has 77 heavy (non-hydrogen) atoms. The fraction of sp³-hybridized carbons (Fsp3) is 0.0909. The van der Waals surface area contributed by atoms with Gasteiger partial charge in [-0.2, -0.15) is 0 Å². The molecule has 0 atom stereocenters. The molecule has 0 nitrogen and oxygen atoms in total. The maximum atomic E-state index is 2.51. The second-order valence-corrected chi connectivity index (χ2v) is 23.3. The van der Waals surface area contributed by atoms with Crippen LogP contribution in [0.1, 0.15) is 56.2 Å². The highest BCUT2D eigenvalue weighted by molar-refractivity contribution is 6.54. The van der Waals surface area contributed by atoms with Gasteiger partial charge in [-0.3, -0.25) is 0 Å². The summed E-state index contributed by atoms with van der Waals surface area (Å²) in [5.74, 6) is 0.898. The van der Waals surface area contributed by atoms with Crippen LogP contribution in [0.15, 0.2) is 200 Å². The molecule has 18 aromatic rings. The third-order valence-electron chi connectivity index (χ3n) is 18.7. The third kappa shape index (κ3) is 5.19. The molecule has 0 heterocycles. The number of benzene rings is 14. The highest BCUT2D eigenvalue weighted by Crippen LogP contribution is 2.59. The van der Waals surface area contributed by atoms with Crippen molar-refractivity contribution in [3.8, 4) is 33.4 Å². The fourth-order valence-electron chi connectivity index (χ4n) is 15.5. The first-order valence-electron chi connectivity index (χ1n) is 27.8. The molecule has 0 aliphatic heterocycles. The van der Waals surface area contributed by atoms with Crippen LogP contribution in [-0.4, -0.2) is 0 Å². The van der Waals surface area contributed by atoms with Gasteiger partial charge in [0.15, 0.2) is 0 Å². The summed E-state index contributed by atoms with van der Waals surface area (Å²) in [5.41, 5.74) is 11.8. The minimum absolute atomic E-state index is 0.440. The Kier molecular flexibility index (Phi) is 8.01. The molecule has 0 fully saturated rings. The van der Waals surface area contributed by atoms with E-state index in [4.69, 9.17) is 0 Å². The lowest BCUT2D eigenvalue weighted by Crippen LogP contribution is -1.89. The lowest BCUT2D eigenvalue weighted by molar-refractivity contribution is 0.867. The predicted molar refractivity (Wildman–Crippen MR) is 337 cm³/mol. The highest BCUT2D eigenvalue weighted by atomic mass is 14.3. The largest absolute Gasteiger partial charge is 0.0622 e. The third-order valence-corrected chi connectivity index (χ3v) is 18.7. The van der Waals surface area contributed by atoms with Gasteiger partial charge in [0.25, 0.3) is 0 Å². The van der Waals surface area contributed by atoms with Crippen molar-refractivity contribution in [2.45, 2.75) is 46.5 Å². The summed E-state index contributed by atoms with van der Waals surface area (Å²) in [7, 11) is 0. The van der Waals surface area contributed by atoms with E-state index in [0.29, 0.717) is 11.8 Å². The van der Waals surface area contributed by atoms with Gasteiger partial charge in [0.05, 0.1) is 0 Å². The van der Waals surface area contributed by atoms with Crippen LogP contribution in [0.25, 0.3) is 184 Å². The molecule has 0 aliphatic rings. The summed E-state index contributed by atoms with van der Waals surface area (Å²) in [6.07, 6.45) is 0. The summed E-state index contributed by atoms with van der Waals surface area (Å²) in [6, 6.07) is 78.1. The number of aryl methyl sites for hydroxylation is 1. The molecule has 0 heteroatoms. The molecule has 0 bridgehead atoms. The Hall–Kier alpha value is -9.10. The molecule has 18 aromatic carbocycles. The zero-order valence-electron chi connectivity index (χ0n) is 43.7. The van der Waals surface area contributed by atoms with Crippen molar-refractivity contribution in [2.24, 2.45) is 0 Å². The Morgan fingerprint density at radius 2 is 0.558 bits per heavy atom. The van der Waals surface area contributed by atoms with Crippen molar-refractivity contribution < 1.29 is 0 Å². The van der Waals surface area contributed by atoms with Crippen molar-refractivity contribution in [2.75, 3.05) is 0 Å². The van der Waals surface area contributed by atoms with Crippen molar-refractivity contribution in [3.63, 3.8) is 0 Å². The Morgan fingerprint density at radius 1 is 0.208 bits per heavy atom. The van der Waals surface area contributed by atoms with E-state index in [2.05, 4.69) is 235 Å². The van der Waals surface area contributed by atoms with Crippen LogP contribution < -0.4 is 0 Å². The molecule has 18 rings (SSSR count). The minimum Gasteiger partial charge on any atom is -0.0622 e. The minimum atomic E-state index is 0.440. The Balaban J connectivity index is 1.02. The molecule has 0 radical (unpaired) electrons. The van der Waals surface area contributed by atoms with E-state index in [1.54, 1.807) is 0 Å². The second-order valence-electron chi connectivity index (χ2n) is 23.3. The van der Waals surface area contributed by atoms with Crippen LogP contribution in [0.2, 0.25) is 0 Å². The number of fused-ring (bicyclic) bond motifs is 16. The molecule has 0 saturated carbocycles. The Bertz CT molecular complexity index is 5500. The van der Waals surface area contributed by atoms with Gasteiger partial charge in [-0.15, -0.1) is 0 Å². The number of hydrogen-bond donors (Lipinski definition) is 0. The first-order chi connectivity index (χ1) is 37.8. The van der Waals surface area contributed by atoms with Crippen molar-refractivity contribution >= 4 is 151 Å². The highest BCUT2D eigenvalue weighted by Gasteiger charge is 2.30. The van der Waals surface area contributed by atoms with Crippen LogP contribution in [0.5, 0.6) is 0 Å². The van der Waals surface area contributed by atoms with Gasteiger partial charge in [0.1, 0.15) is 0 Å². The average Bonchev–Trinajstić information content (AvgIpc) is 4.39. The van der Waals surface area contributed by atoms with Crippen LogP contribution in [-0.2, 0) is 0 Å². The van der Waals surface area contributed by atoms with Gasteiger partial charge in [-0.05, 0) is 232 Å². The van der Waals surface area contributed by atoms with Gasteiger partial charge in [-0.1, -0.05) is 216 Å². The monoisotopic (exact) mass is 974 g/mol. The molecular formula is C77H50. The molecule has 0 amide bonds. The van der Waals surface area contributed by atoms with Crippen molar-refractivity contribution in [1.29, 1.82) is 0 Å². The van der Waals surface area contributed by atoms with E-state index in [9.17, 15) is 0 Å². The maximum Gasteiger partial charge on any atom is -0.000696 e. The van der Waals surface area contributed by atoms with Crippen LogP contribution in [0.4, 0.5) is 0 Å². The first-order valence-corrected chi connectivity index (χ1v) is 27.8. The van der Waals surface area contributed by atoms with E-state index < -0.39 is 0 Å². The first kappa shape index (κ1) is 42.2. The zero-order valence-corrected chi connectivity index (χ0v) is 43.7. The summed E-state index contributed by atoms with van der Waals surface area (Å²) in [5, 5.41) is 38.0. The van der Waals surface area contributed by atoms with E-state index in [1.165, 1.54) is 201 Å². The van der Waals surface area contributed by atoms with Gasteiger partial charge >= 0.3 is 0 Å². The topological polar surface area (TPSA) is 0 Å². The molecule has 0 spiro atoms. The van der Waals surface area contributed by atoms with Gasteiger partial charge in [0.2, 0.25) is 0 Å². The Morgan fingerprint density at radius 3 is 1.12 bits per heavy atom. The van der Waals surface area contributed by atoms with E-state index >= 15 is 0 Å². The summed E-state index contributed by atoms with van der Waals surface area (Å²) in [4.78, 5) is 0. The smallest absolute Gasteiger partial charge is 0.000696 e. The van der Waals surface area contributed by atoms with E-state index in [1.807, 2.05) is 0 Å². The number of rotatable bonds is 5. The quantitative estimate of drug-likeness (QED) is 0.119. The van der Waals surface area contributed by atoms with Crippen LogP contribution in [0.3, 0.4) is 0 Å². The standard InChI is InChI=1S/C77H50/c1-39(2)42-20-22-45(23-21-42)65-62-35-41(5)34-60-59-36-46(40(3)4)24-25-54(59)73(70(60)62)77-58-33-29-53-50-26-30-55-68-57(32-28-52(66(50)68)51-27-31-56(75(65)77)69(58)67(51)53)76-72-49-19-13-12-18-48(49)61-37-47(43-14-8-6-9-15-43)38-63(71(61)72)64(74(55)76)44-16-10-7-11-17-44/h6-40H,1-5H3. The molecule has 0 unspecified atom stereocenters. The van der Waals surface area contributed by atoms with E-state index in [-0.39, 0.29) is 0 Å². The second kappa shape index (κ2) is 14.6. The predicted octanol–water partition coefficient (Wildman–Crippen LogP) is 22.6. The van der Waals surface area contributed by atoms with Crippen LogP contribution in [0, 0.1) is 6.92 Å². The number of hydrogen-bond acceptors (Lipinski definition) is 0. The molecule has 0 saturated heterocycles. The normalized spacial score (nSPS) is 13.0. The molecule has 358 valence electrons. The van der Waals surface area contributed by atoms with Crippen LogP contribution >= 0.6 is 0 Å². The van der Waals surface area contributed by atoms with E-state index in [0.717, 1.165) is 0 Å². The van der Waals surface area contributed by atoms with Gasteiger partial charge < -0.3 is 0 Å². The lowest BCUT2D eigenvalue weighted by atomic mass is 9.87. The van der Waals surface area contributed by atoms with Crippen molar-refractivity contribution in [3.05, 3.63) is 217 Å². The molecular weight excluding hydrogens is 925 g/mol. The van der Waals surface area contributed by atoms with Gasteiger partial charge in [0, 0.05) is 0 Å². The molecule has 0 N–H and O–H groups in total. The van der Waals surface area contributed by atoms with Gasteiger partial charge in [-0.25, -0.2) is 0 Å². The summed E-state index contributed by atoms with van der Waals surface area (Å²) >= 11 is 0. The average molecular weight is 975 g/mol. The summed E-state index contributed by atoms with van der Waals surface area (Å²) in [6.45, 7) is 11.5. The zero-order chi connectivity index (χ0) is 50.9. The Labute approximate surface area is 445 Å². The molecule has 0 aliphatic carbocycles. The maximum absolute atomic E-state index is 2.51. The fourth-order valence-corrected chi connectivity index (χ4v) is 15.5. The molecule has 0 aromatic heterocycles. The summed E-state index contributed by atoms with van der Waals surface area (Å²) < 4.78 is 0. The lowest BCUT2D eigenvalue weighted by Gasteiger charge is -2.15. The SMILES string of the molecule is Cc1cc2c(-c3ccc(C(C)C)cc3)c3c4ccc5c6ccc7c8c(ccc(c9ccc(c4c95)c3c3c4ccc(C(C)C)cc4c(c1)c23)c68)c1c(-c2ccccc2)c2cc(-c3ccccc3)cc3c4ccccc4c(c23)c71. The van der Waals surface area contributed by atoms with Crippen molar-refractivity contribution in [1.82, 2.24) is 0 Å².